The first kappa shape index (κ1) is 15.1. The van der Waals surface area contributed by atoms with Gasteiger partial charge in [-0.3, -0.25) is 4.79 Å². The number of benzene rings is 1. The van der Waals surface area contributed by atoms with Crippen LogP contribution in [0.4, 0.5) is 0 Å². The Hall–Kier alpha value is -1.85. The summed E-state index contributed by atoms with van der Waals surface area (Å²) in [4.78, 5) is 12.1. The molecular formula is C17H21NO4. The van der Waals surface area contributed by atoms with E-state index >= 15 is 0 Å². The Bertz CT molecular complexity index is 643. The number of hydrogen-bond acceptors (Lipinski definition) is 4. The van der Waals surface area contributed by atoms with E-state index in [1.54, 1.807) is 6.07 Å². The molecule has 2 heterocycles. The Balaban J connectivity index is 1.48. The van der Waals surface area contributed by atoms with E-state index in [1.165, 1.54) is 0 Å². The van der Waals surface area contributed by atoms with Gasteiger partial charge in [-0.05, 0) is 44.4 Å². The zero-order valence-electron chi connectivity index (χ0n) is 12.8. The largest absolute Gasteiger partial charge is 0.451 e. The molecule has 1 N–H and O–H groups in total. The van der Waals surface area contributed by atoms with Crippen molar-refractivity contribution in [1.29, 1.82) is 0 Å². The van der Waals surface area contributed by atoms with E-state index < -0.39 is 0 Å². The molecule has 118 valence electrons. The number of furan rings is 1. The van der Waals surface area contributed by atoms with Crippen LogP contribution in [0.2, 0.25) is 0 Å². The zero-order chi connectivity index (χ0) is 15.4. The fourth-order valence-electron chi connectivity index (χ4n) is 2.56. The Kier molecular flexibility index (Phi) is 4.75. The highest BCUT2D eigenvalue weighted by Gasteiger charge is 2.15. The van der Waals surface area contributed by atoms with E-state index in [9.17, 15) is 4.79 Å². The van der Waals surface area contributed by atoms with Gasteiger partial charge in [-0.25, -0.2) is 0 Å². The third-order valence-corrected chi connectivity index (χ3v) is 3.72. The normalized spacial score (nSPS) is 18.5. The molecule has 0 saturated carbocycles. The molecule has 1 fully saturated rings. The maximum Gasteiger partial charge on any atom is 0.287 e. The predicted octanol–water partition coefficient (Wildman–Crippen LogP) is 3.01. The third-order valence-electron chi connectivity index (χ3n) is 3.72. The van der Waals surface area contributed by atoms with E-state index in [4.69, 9.17) is 13.9 Å². The molecule has 1 aliphatic rings. The van der Waals surface area contributed by atoms with Gasteiger partial charge >= 0.3 is 0 Å². The van der Waals surface area contributed by atoms with Gasteiger partial charge in [0.25, 0.3) is 5.91 Å². The zero-order valence-corrected chi connectivity index (χ0v) is 12.8. The molecular weight excluding hydrogens is 282 g/mol. The van der Waals surface area contributed by atoms with Crippen molar-refractivity contribution in [3.05, 3.63) is 35.6 Å². The second-order valence-electron chi connectivity index (χ2n) is 5.57. The SMILES string of the molecule is Cc1ccc2oc(C(=O)NCCOC3CCCCO3)cc2c1. The minimum atomic E-state index is -0.220. The lowest BCUT2D eigenvalue weighted by Crippen LogP contribution is -2.30. The van der Waals surface area contributed by atoms with Crippen molar-refractivity contribution < 1.29 is 18.7 Å². The number of hydrogen-bond donors (Lipinski definition) is 1. The minimum absolute atomic E-state index is 0.125. The molecule has 1 aromatic carbocycles. The highest BCUT2D eigenvalue weighted by Crippen LogP contribution is 2.20. The fraction of sp³-hybridized carbons (Fsp3) is 0.471. The minimum Gasteiger partial charge on any atom is -0.451 e. The molecule has 1 amide bonds. The highest BCUT2D eigenvalue weighted by molar-refractivity contribution is 5.96. The quantitative estimate of drug-likeness (QED) is 0.863. The summed E-state index contributed by atoms with van der Waals surface area (Å²) in [6.07, 6.45) is 3.04. The van der Waals surface area contributed by atoms with Gasteiger partial charge in [0.1, 0.15) is 5.58 Å². The van der Waals surface area contributed by atoms with Crippen LogP contribution in [0.5, 0.6) is 0 Å². The number of nitrogens with one attached hydrogen (secondary N) is 1. The molecule has 22 heavy (non-hydrogen) atoms. The third kappa shape index (κ3) is 3.67. The van der Waals surface area contributed by atoms with Crippen LogP contribution < -0.4 is 5.32 Å². The summed E-state index contributed by atoms with van der Waals surface area (Å²) < 4.78 is 16.6. The van der Waals surface area contributed by atoms with Crippen molar-refractivity contribution in [2.75, 3.05) is 19.8 Å². The van der Waals surface area contributed by atoms with Crippen molar-refractivity contribution in [2.24, 2.45) is 0 Å². The summed E-state index contributed by atoms with van der Waals surface area (Å²) in [5.41, 5.74) is 1.86. The van der Waals surface area contributed by atoms with Crippen LogP contribution in [0, 0.1) is 6.92 Å². The summed E-state index contributed by atoms with van der Waals surface area (Å²) in [7, 11) is 0. The second-order valence-corrected chi connectivity index (χ2v) is 5.57. The lowest BCUT2D eigenvalue weighted by atomic mass is 10.2. The van der Waals surface area contributed by atoms with E-state index in [0.29, 0.717) is 18.9 Å². The summed E-state index contributed by atoms with van der Waals surface area (Å²) in [5.74, 6) is 0.108. The van der Waals surface area contributed by atoms with Crippen molar-refractivity contribution in [1.82, 2.24) is 5.32 Å². The number of rotatable bonds is 5. The lowest BCUT2D eigenvalue weighted by Gasteiger charge is -2.22. The topological polar surface area (TPSA) is 60.7 Å². The molecule has 1 saturated heterocycles. The summed E-state index contributed by atoms with van der Waals surface area (Å²) in [6, 6.07) is 7.61. The van der Waals surface area contributed by atoms with E-state index in [0.717, 1.165) is 42.4 Å². The molecule has 3 rings (SSSR count). The Labute approximate surface area is 129 Å². The second kappa shape index (κ2) is 6.94. The van der Waals surface area contributed by atoms with Crippen molar-refractivity contribution in [3.63, 3.8) is 0 Å². The van der Waals surface area contributed by atoms with Gasteiger partial charge in [-0.15, -0.1) is 0 Å². The molecule has 2 aromatic rings. The van der Waals surface area contributed by atoms with Gasteiger partial charge in [0.2, 0.25) is 0 Å². The number of aryl methyl sites for hydroxylation is 1. The first-order valence-electron chi connectivity index (χ1n) is 7.74. The Morgan fingerprint density at radius 3 is 3.09 bits per heavy atom. The molecule has 0 aliphatic carbocycles. The van der Waals surface area contributed by atoms with Crippen molar-refractivity contribution >= 4 is 16.9 Å². The standard InChI is InChI=1S/C17H21NO4/c1-12-5-6-14-13(10-12)11-15(22-14)17(19)18-7-9-21-16-4-2-3-8-20-16/h5-6,10-11,16H,2-4,7-9H2,1H3,(H,18,19). The van der Waals surface area contributed by atoms with Crippen LogP contribution in [0.3, 0.4) is 0 Å². The fourth-order valence-corrected chi connectivity index (χ4v) is 2.56. The van der Waals surface area contributed by atoms with Crippen LogP contribution in [0.15, 0.2) is 28.7 Å². The average Bonchev–Trinajstić information content (AvgIpc) is 2.95. The van der Waals surface area contributed by atoms with E-state index in [-0.39, 0.29) is 12.2 Å². The molecule has 0 spiro atoms. The molecule has 5 nitrogen and oxygen atoms in total. The van der Waals surface area contributed by atoms with Gasteiger partial charge < -0.3 is 19.2 Å². The van der Waals surface area contributed by atoms with Crippen LogP contribution in [-0.2, 0) is 9.47 Å². The number of ether oxygens (including phenoxy) is 2. The van der Waals surface area contributed by atoms with Crippen molar-refractivity contribution in [3.8, 4) is 0 Å². The lowest BCUT2D eigenvalue weighted by molar-refractivity contribution is -0.161. The monoisotopic (exact) mass is 303 g/mol. The van der Waals surface area contributed by atoms with E-state index in [2.05, 4.69) is 5.32 Å². The number of carbonyl (C=O) groups is 1. The predicted molar refractivity (Wildman–Crippen MR) is 82.8 cm³/mol. The summed E-state index contributed by atoms with van der Waals surface area (Å²) in [5, 5.41) is 3.74. The van der Waals surface area contributed by atoms with Crippen LogP contribution >= 0.6 is 0 Å². The van der Waals surface area contributed by atoms with Gasteiger partial charge in [-0.1, -0.05) is 11.6 Å². The first-order valence-corrected chi connectivity index (χ1v) is 7.74. The Morgan fingerprint density at radius 1 is 1.36 bits per heavy atom. The van der Waals surface area contributed by atoms with Gasteiger partial charge in [0.05, 0.1) is 6.61 Å². The van der Waals surface area contributed by atoms with Gasteiger partial charge in [-0.2, -0.15) is 0 Å². The summed E-state index contributed by atoms with van der Waals surface area (Å²) in [6.45, 7) is 3.65. The average molecular weight is 303 g/mol. The molecule has 1 unspecified atom stereocenters. The molecule has 0 radical (unpaired) electrons. The molecule has 0 bridgehead atoms. The first-order chi connectivity index (χ1) is 10.7. The van der Waals surface area contributed by atoms with Crippen LogP contribution in [-0.4, -0.2) is 32.0 Å². The van der Waals surface area contributed by atoms with Crippen molar-refractivity contribution in [2.45, 2.75) is 32.5 Å². The number of carbonyl (C=O) groups excluding carboxylic acids is 1. The number of amides is 1. The molecule has 1 atom stereocenters. The van der Waals surface area contributed by atoms with Crippen LogP contribution in [0.25, 0.3) is 11.0 Å². The maximum atomic E-state index is 12.1. The molecule has 1 aliphatic heterocycles. The number of fused-ring (bicyclic) bond motifs is 1. The molecule has 5 heteroatoms. The van der Waals surface area contributed by atoms with Gasteiger partial charge in [0, 0.05) is 18.5 Å². The van der Waals surface area contributed by atoms with Gasteiger partial charge in [0.15, 0.2) is 12.1 Å². The van der Waals surface area contributed by atoms with E-state index in [1.807, 2.05) is 25.1 Å². The summed E-state index contributed by atoms with van der Waals surface area (Å²) >= 11 is 0. The maximum absolute atomic E-state index is 12.1. The molecule has 1 aromatic heterocycles. The smallest absolute Gasteiger partial charge is 0.287 e. The Morgan fingerprint density at radius 2 is 2.27 bits per heavy atom. The van der Waals surface area contributed by atoms with Crippen LogP contribution in [0.1, 0.15) is 35.4 Å². The highest BCUT2D eigenvalue weighted by atomic mass is 16.7.